The zero-order valence-corrected chi connectivity index (χ0v) is 34.5. The average Bonchev–Trinajstić information content (AvgIpc) is 2.85. The summed E-state index contributed by atoms with van der Waals surface area (Å²) >= 11 is 0. The summed E-state index contributed by atoms with van der Waals surface area (Å²) < 4.78 is 0. The first-order chi connectivity index (χ1) is 20.8. The van der Waals surface area contributed by atoms with Gasteiger partial charge in [0.1, 0.15) is 0 Å². The normalized spacial score (nSPS) is 14.2. The van der Waals surface area contributed by atoms with E-state index < -0.39 is 0 Å². The molecule has 0 atom stereocenters. The van der Waals surface area contributed by atoms with Crippen molar-refractivity contribution in [2.45, 2.75) is 183 Å². The second-order valence-electron chi connectivity index (χ2n) is 21.6. The van der Waals surface area contributed by atoms with Crippen LogP contribution in [0, 0.1) is 5.41 Å². The van der Waals surface area contributed by atoms with Crippen LogP contribution in [0.1, 0.15) is 194 Å². The van der Waals surface area contributed by atoms with Crippen molar-refractivity contribution in [2.24, 2.45) is 5.41 Å². The molecule has 3 aromatic carbocycles. The van der Waals surface area contributed by atoms with Crippen LogP contribution in [-0.4, -0.2) is 0 Å². The van der Waals surface area contributed by atoms with Crippen LogP contribution >= 0.6 is 0 Å². The van der Waals surface area contributed by atoms with Gasteiger partial charge in [-0.3, -0.25) is 0 Å². The van der Waals surface area contributed by atoms with Crippen molar-refractivity contribution in [2.75, 3.05) is 0 Å². The number of rotatable bonds is 5. The molecule has 260 valence electrons. The minimum Gasteiger partial charge on any atom is -0.0587 e. The van der Waals surface area contributed by atoms with E-state index in [1.54, 1.807) is 0 Å². The van der Waals surface area contributed by atoms with Gasteiger partial charge in [-0.15, -0.1) is 0 Å². The van der Waals surface area contributed by atoms with E-state index in [1.165, 1.54) is 50.1 Å². The van der Waals surface area contributed by atoms with Crippen LogP contribution in [0.3, 0.4) is 0 Å². The first-order valence-electron chi connectivity index (χ1n) is 18.3. The molecule has 0 fully saturated rings. The van der Waals surface area contributed by atoms with E-state index >= 15 is 0 Å². The van der Waals surface area contributed by atoms with Gasteiger partial charge in [-0.25, -0.2) is 0 Å². The van der Waals surface area contributed by atoms with Gasteiger partial charge in [0.2, 0.25) is 0 Å². The Balaban J connectivity index is 2.47. The second-order valence-corrected chi connectivity index (χ2v) is 21.6. The standard InChI is InChI=1S/C47H72/c1-41(2,3)32-22-21-31(37(27-32)44(10,11)12)30-47(19,20)40(35-25-23-33(42(4,5)6)28-38(35)45(13,14)15)36-26-24-34(43(7,8)9)29-39(36)46(16,17)18/h21-29,40H,30H2,1-20H3. The van der Waals surface area contributed by atoms with Gasteiger partial charge in [-0.2, -0.15) is 0 Å². The first-order valence-corrected chi connectivity index (χ1v) is 18.3. The molecule has 0 nitrogen and oxygen atoms in total. The predicted octanol–water partition coefficient (Wildman–Crippen LogP) is 13.9. The third-order valence-corrected chi connectivity index (χ3v) is 10.3. The first kappa shape index (κ1) is 39.1. The van der Waals surface area contributed by atoms with Gasteiger partial charge < -0.3 is 0 Å². The Morgan fingerprint density at radius 2 is 0.660 bits per heavy atom. The highest BCUT2D eigenvalue weighted by Gasteiger charge is 2.40. The lowest BCUT2D eigenvalue weighted by molar-refractivity contribution is 0.306. The fourth-order valence-electron chi connectivity index (χ4n) is 7.35. The van der Waals surface area contributed by atoms with E-state index in [4.69, 9.17) is 0 Å². The van der Waals surface area contributed by atoms with Crippen molar-refractivity contribution < 1.29 is 0 Å². The molecule has 0 unspecified atom stereocenters. The Kier molecular flexibility index (Phi) is 10.4. The third-order valence-electron chi connectivity index (χ3n) is 10.3. The summed E-state index contributed by atoms with van der Waals surface area (Å²) in [6.45, 7) is 47.7. The van der Waals surface area contributed by atoms with E-state index in [-0.39, 0.29) is 43.8 Å². The van der Waals surface area contributed by atoms with E-state index in [0.29, 0.717) is 0 Å². The molecule has 3 aromatic rings. The summed E-state index contributed by atoms with van der Waals surface area (Å²) in [7, 11) is 0. The van der Waals surface area contributed by atoms with Crippen molar-refractivity contribution in [1.29, 1.82) is 0 Å². The second kappa shape index (κ2) is 12.5. The smallest absolute Gasteiger partial charge is 0.0150 e. The number of hydrogen-bond acceptors (Lipinski definition) is 0. The van der Waals surface area contributed by atoms with Gasteiger partial charge in [-0.05, 0) is 94.4 Å². The molecule has 0 bridgehead atoms. The fourth-order valence-corrected chi connectivity index (χ4v) is 7.35. The lowest BCUT2D eigenvalue weighted by Gasteiger charge is -2.42. The van der Waals surface area contributed by atoms with E-state index in [1.807, 2.05) is 0 Å². The Hall–Kier alpha value is -2.34. The van der Waals surface area contributed by atoms with Crippen LogP contribution in [0.15, 0.2) is 54.6 Å². The summed E-state index contributed by atoms with van der Waals surface area (Å²) in [5, 5.41) is 0. The van der Waals surface area contributed by atoms with Crippen molar-refractivity contribution in [3.8, 4) is 0 Å². The van der Waals surface area contributed by atoms with Gasteiger partial charge in [0, 0.05) is 5.92 Å². The third kappa shape index (κ3) is 9.02. The molecule has 0 amide bonds. The lowest BCUT2D eigenvalue weighted by Crippen LogP contribution is -2.32. The molecule has 47 heavy (non-hydrogen) atoms. The Bertz CT molecular complexity index is 1470. The highest BCUT2D eigenvalue weighted by molar-refractivity contribution is 5.51. The summed E-state index contributed by atoms with van der Waals surface area (Å²) in [6, 6.07) is 22.3. The Morgan fingerprint density at radius 3 is 0.957 bits per heavy atom. The van der Waals surface area contributed by atoms with Gasteiger partial charge in [0.05, 0.1) is 0 Å². The molecule has 0 aliphatic rings. The maximum atomic E-state index is 2.54. The minimum absolute atomic E-state index is 0.00307. The number of hydrogen-bond donors (Lipinski definition) is 0. The van der Waals surface area contributed by atoms with Gasteiger partial charge in [0.25, 0.3) is 0 Å². The highest BCUT2D eigenvalue weighted by atomic mass is 14.4. The van der Waals surface area contributed by atoms with Crippen LogP contribution in [0.5, 0.6) is 0 Å². The quantitative estimate of drug-likeness (QED) is 0.261. The van der Waals surface area contributed by atoms with Gasteiger partial charge >= 0.3 is 0 Å². The summed E-state index contributed by atoms with van der Waals surface area (Å²) in [5.74, 6) is 0.212. The molecule has 0 spiro atoms. The van der Waals surface area contributed by atoms with Crippen molar-refractivity contribution in [3.05, 3.63) is 105 Å². The molecular weight excluding hydrogens is 565 g/mol. The fraction of sp³-hybridized carbons (Fsp3) is 0.617. The van der Waals surface area contributed by atoms with Crippen LogP contribution in [0.25, 0.3) is 0 Å². The molecule has 0 saturated heterocycles. The lowest BCUT2D eigenvalue weighted by atomic mass is 9.62. The SMILES string of the molecule is CC(C)(C)c1ccc(CC(C)(C)C(c2ccc(C(C)(C)C)cc2C(C)(C)C)c2ccc(C(C)(C)C)cc2C(C)(C)C)c(C(C)(C)C)c1. The molecule has 0 heteroatoms. The molecule has 0 aromatic heterocycles. The topological polar surface area (TPSA) is 0 Å². The summed E-state index contributed by atoms with van der Waals surface area (Å²) in [4.78, 5) is 0. The van der Waals surface area contributed by atoms with E-state index in [9.17, 15) is 0 Å². The average molecular weight is 637 g/mol. The minimum atomic E-state index is -0.0737. The zero-order valence-electron chi connectivity index (χ0n) is 34.5. The molecule has 0 aliphatic heterocycles. The molecule has 0 heterocycles. The molecule has 3 rings (SSSR count). The van der Waals surface area contributed by atoms with Crippen LogP contribution < -0.4 is 0 Å². The predicted molar refractivity (Wildman–Crippen MR) is 211 cm³/mol. The zero-order chi connectivity index (χ0) is 36.3. The Morgan fingerprint density at radius 1 is 0.362 bits per heavy atom. The number of benzene rings is 3. The van der Waals surface area contributed by atoms with Crippen molar-refractivity contribution in [3.63, 3.8) is 0 Å². The van der Waals surface area contributed by atoms with E-state index in [2.05, 4.69) is 193 Å². The monoisotopic (exact) mass is 637 g/mol. The maximum Gasteiger partial charge on any atom is 0.0150 e. The molecule has 0 radical (unpaired) electrons. The van der Waals surface area contributed by atoms with E-state index in [0.717, 1.165) is 6.42 Å². The van der Waals surface area contributed by atoms with Gasteiger partial charge in [-0.1, -0.05) is 193 Å². The Labute approximate surface area is 292 Å². The van der Waals surface area contributed by atoms with Crippen molar-refractivity contribution in [1.82, 2.24) is 0 Å². The van der Waals surface area contributed by atoms with Crippen LogP contribution in [0.2, 0.25) is 0 Å². The maximum absolute atomic E-state index is 2.54. The molecule has 0 N–H and O–H groups in total. The molecule has 0 aliphatic carbocycles. The van der Waals surface area contributed by atoms with Gasteiger partial charge in [0.15, 0.2) is 0 Å². The highest BCUT2D eigenvalue weighted by Crippen LogP contribution is 2.51. The largest absolute Gasteiger partial charge is 0.0587 e. The van der Waals surface area contributed by atoms with Crippen LogP contribution in [-0.2, 0) is 38.9 Å². The molecule has 0 saturated carbocycles. The van der Waals surface area contributed by atoms with Crippen LogP contribution in [0.4, 0.5) is 0 Å². The molecular formula is C47H72. The van der Waals surface area contributed by atoms with Crippen molar-refractivity contribution >= 4 is 0 Å². The summed E-state index contributed by atoms with van der Waals surface area (Å²) in [5.41, 5.74) is 13.4. The summed E-state index contributed by atoms with van der Waals surface area (Å²) in [6.07, 6.45) is 1.00.